The number of halogens is 2. The van der Waals surface area contributed by atoms with E-state index in [4.69, 9.17) is 23.2 Å². The van der Waals surface area contributed by atoms with Crippen LogP contribution in [0.25, 0.3) is 0 Å². The number of hydrogen-bond acceptors (Lipinski definition) is 3. The highest BCUT2D eigenvalue weighted by Gasteiger charge is 2.27. The minimum atomic E-state index is -0.622. The number of nitrogens with one attached hydrogen (secondary N) is 1. The molecule has 31 heavy (non-hydrogen) atoms. The average molecular weight is 481 g/mol. The fourth-order valence-corrected chi connectivity index (χ4v) is 4.63. The summed E-state index contributed by atoms with van der Waals surface area (Å²) in [4.78, 5) is 27.4. The van der Waals surface area contributed by atoms with Crippen LogP contribution >= 0.6 is 35.0 Å². The van der Waals surface area contributed by atoms with E-state index < -0.39 is 6.04 Å². The molecule has 2 aromatic carbocycles. The fraction of sp³-hybridized carbons (Fsp3) is 0.417. The van der Waals surface area contributed by atoms with Crippen LogP contribution in [0.2, 0.25) is 10.0 Å². The number of carbonyl (C=O) groups is 2. The van der Waals surface area contributed by atoms with Gasteiger partial charge in [0.25, 0.3) is 0 Å². The molecule has 4 nitrogen and oxygen atoms in total. The Kier molecular flexibility index (Phi) is 9.73. The number of benzene rings is 2. The van der Waals surface area contributed by atoms with Crippen molar-refractivity contribution in [1.82, 2.24) is 10.2 Å². The van der Waals surface area contributed by atoms with Crippen LogP contribution in [0.3, 0.4) is 0 Å². The van der Waals surface area contributed by atoms with E-state index in [9.17, 15) is 9.59 Å². The number of amides is 2. The fourth-order valence-electron chi connectivity index (χ4n) is 3.31. The summed E-state index contributed by atoms with van der Waals surface area (Å²) < 4.78 is 0. The van der Waals surface area contributed by atoms with E-state index in [2.05, 4.69) is 37.4 Å². The topological polar surface area (TPSA) is 49.4 Å². The maximum Gasteiger partial charge on any atom is 0.242 e. The Morgan fingerprint density at radius 1 is 1.03 bits per heavy atom. The van der Waals surface area contributed by atoms with Crippen molar-refractivity contribution in [3.63, 3.8) is 0 Å². The standard InChI is InChI=1S/C24H30Cl2N2O2S/c1-15(2)27-24(30)18(5)28(12-20-6-7-21(25)11-22(20)26)23(29)14-31-13-19-9-16(3)8-17(4)10-19/h6-11,15,18H,12-14H2,1-5H3,(H,27,30)/t18-/m1/s1. The first kappa shape index (κ1) is 25.6. The van der Waals surface area contributed by atoms with Gasteiger partial charge in [0.2, 0.25) is 11.8 Å². The van der Waals surface area contributed by atoms with Gasteiger partial charge in [0, 0.05) is 28.4 Å². The predicted molar refractivity (Wildman–Crippen MR) is 132 cm³/mol. The first-order valence-corrected chi connectivity index (χ1v) is 12.2. The first-order valence-electron chi connectivity index (χ1n) is 10.3. The molecule has 0 radical (unpaired) electrons. The Balaban J connectivity index is 2.13. The SMILES string of the molecule is Cc1cc(C)cc(CSCC(=O)N(Cc2ccc(Cl)cc2Cl)[C@H](C)C(=O)NC(C)C)c1. The smallest absolute Gasteiger partial charge is 0.242 e. The van der Waals surface area contributed by atoms with Gasteiger partial charge >= 0.3 is 0 Å². The molecule has 0 fully saturated rings. The minimum Gasteiger partial charge on any atom is -0.352 e. The molecular weight excluding hydrogens is 451 g/mol. The van der Waals surface area contributed by atoms with Crippen LogP contribution in [-0.2, 0) is 21.9 Å². The number of carbonyl (C=O) groups excluding carboxylic acids is 2. The van der Waals surface area contributed by atoms with Gasteiger partial charge in [0.1, 0.15) is 6.04 Å². The predicted octanol–water partition coefficient (Wildman–Crippen LogP) is 5.79. The van der Waals surface area contributed by atoms with Crippen molar-refractivity contribution in [2.75, 3.05) is 5.75 Å². The Morgan fingerprint density at radius 2 is 1.68 bits per heavy atom. The molecular formula is C24H30Cl2N2O2S. The van der Waals surface area contributed by atoms with Gasteiger partial charge in [-0.2, -0.15) is 0 Å². The molecule has 0 aliphatic carbocycles. The molecule has 168 valence electrons. The highest BCUT2D eigenvalue weighted by molar-refractivity contribution is 7.99. The monoisotopic (exact) mass is 480 g/mol. The van der Waals surface area contributed by atoms with Gasteiger partial charge in [0.05, 0.1) is 5.75 Å². The molecule has 7 heteroatoms. The van der Waals surface area contributed by atoms with Gasteiger partial charge < -0.3 is 10.2 Å². The number of thioether (sulfide) groups is 1. The van der Waals surface area contributed by atoms with Crippen LogP contribution < -0.4 is 5.32 Å². The van der Waals surface area contributed by atoms with Crippen LogP contribution in [-0.4, -0.2) is 34.6 Å². The summed E-state index contributed by atoms with van der Waals surface area (Å²) in [6.07, 6.45) is 0. The third-order valence-corrected chi connectivity index (χ3v) is 6.31. The van der Waals surface area contributed by atoms with Crippen LogP contribution in [0.4, 0.5) is 0 Å². The molecule has 2 rings (SSSR count). The van der Waals surface area contributed by atoms with E-state index in [1.807, 2.05) is 13.8 Å². The summed E-state index contributed by atoms with van der Waals surface area (Å²) in [7, 11) is 0. The summed E-state index contributed by atoms with van der Waals surface area (Å²) in [5.74, 6) is 0.716. The second-order valence-corrected chi connectivity index (χ2v) is 9.91. The number of hydrogen-bond donors (Lipinski definition) is 1. The second kappa shape index (κ2) is 11.8. The number of aryl methyl sites for hydroxylation is 2. The lowest BCUT2D eigenvalue weighted by Crippen LogP contribution is -2.49. The molecule has 0 spiro atoms. The van der Waals surface area contributed by atoms with Crippen LogP contribution in [0.5, 0.6) is 0 Å². The normalized spacial score (nSPS) is 12.0. The third kappa shape index (κ3) is 8.06. The molecule has 0 bridgehead atoms. The van der Waals surface area contributed by atoms with Gasteiger partial charge in [-0.25, -0.2) is 0 Å². The van der Waals surface area contributed by atoms with Crippen molar-refractivity contribution in [1.29, 1.82) is 0 Å². The van der Waals surface area contributed by atoms with E-state index in [-0.39, 0.29) is 30.2 Å². The molecule has 0 aliphatic heterocycles. The maximum absolute atomic E-state index is 13.1. The van der Waals surface area contributed by atoms with Gasteiger partial charge in [0.15, 0.2) is 0 Å². The van der Waals surface area contributed by atoms with E-state index in [0.717, 1.165) is 11.3 Å². The molecule has 1 N–H and O–H groups in total. The quantitative estimate of drug-likeness (QED) is 0.494. The average Bonchev–Trinajstić information content (AvgIpc) is 2.65. The lowest BCUT2D eigenvalue weighted by Gasteiger charge is -2.29. The summed E-state index contributed by atoms with van der Waals surface area (Å²) in [5, 5.41) is 3.89. The van der Waals surface area contributed by atoms with Crippen LogP contribution in [0.1, 0.15) is 43.0 Å². The van der Waals surface area contributed by atoms with Gasteiger partial charge in [-0.1, -0.05) is 58.6 Å². The number of nitrogens with zero attached hydrogens (tertiary/aromatic N) is 1. The lowest BCUT2D eigenvalue weighted by molar-refractivity contribution is -0.138. The molecule has 0 heterocycles. The highest BCUT2D eigenvalue weighted by Crippen LogP contribution is 2.24. The molecule has 0 aromatic heterocycles. The Hall–Kier alpha value is -1.69. The van der Waals surface area contributed by atoms with Gasteiger partial charge in [-0.15, -0.1) is 11.8 Å². The Bertz CT molecular complexity index is 914. The highest BCUT2D eigenvalue weighted by atomic mass is 35.5. The van der Waals surface area contributed by atoms with Crippen molar-refractivity contribution >= 4 is 46.8 Å². The molecule has 2 aromatic rings. The largest absolute Gasteiger partial charge is 0.352 e. The Labute approximate surface area is 199 Å². The zero-order chi connectivity index (χ0) is 23.1. The van der Waals surface area contributed by atoms with Gasteiger partial charge in [-0.3, -0.25) is 9.59 Å². The molecule has 0 unspecified atom stereocenters. The zero-order valence-corrected chi connectivity index (χ0v) is 21.0. The van der Waals surface area contributed by atoms with E-state index in [0.29, 0.717) is 10.0 Å². The van der Waals surface area contributed by atoms with E-state index in [1.165, 1.54) is 16.7 Å². The van der Waals surface area contributed by atoms with E-state index in [1.54, 1.807) is 41.8 Å². The van der Waals surface area contributed by atoms with Crippen molar-refractivity contribution in [2.24, 2.45) is 0 Å². The summed E-state index contributed by atoms with van der Waals surface area (Å²) in [5.41, 5.74) is 4.36. The van der Waals surface area contributed by atoms with Crippen molar-refractivity contribution in [3.05, 3.63) is 68.7 Å². The zero-order valence-electron chi connectivity index (χ0n) is 18.7. The van der Waals surface area contributed by atoms with Crippen molar-refractivity contribution < 1.29 is 9.59 Å². The second-order valence-electron chi connectivity index (χ2n) is 8.09. The van der Waals surface area contributed by atoms with Crippen LogP contribution in [0, 0.1) is 13.8 Å². The first-order chi connectivity index (χ1) is 14.6. The lowest BCUT2D eigenvalue weighted by atomic mass is 10.1. The summed E-state index contributed by atoms with van der Waals surface area (Å²) >= 11 is 13.9. The number of rotatable bonds is 9. The van der Waals surface area contributed by atoms with E-state index >= 15 is 0 Å². The van der Waals surface area contributed by atoms with Crippen molar-refractivity contribution in [2.45, 2.75) is 59.0 Å². The van der Waals surface area contributed by atoms with Crippen molar-refractivity contribution in [3.8, 4) is 0 Å². The van der Waals surface area contributed by atoms with Gasteiger partial charge in [-0.05, 0) is 57.9 Å². The third-order valence-electron chi connectivity index (χ3n) is 4.73. The molecule has 2 amide bonds. The maximum atomic E-state index is 13.1. The molecule has 0 aliphatic rings. The Morgan fingerprint density at radius 3 is 2.26 bits per heavy atom. The summed E-state index contributed by atoms with van der Waals surface area (Å²) in [6.45, 7) is 9.91. The minimum absolute atomic E-state index is 0.00930. The molecule has 0 saturated carbocycles. The van der Waals surface area contributed by atoms with Crippen LogP contribution in [0.15, 0.2) is 36.4 Å². The molecule has 1 atom stereocenters. The molecule has 0 saturated heterocycles. The summed E-state index contributed by atoms with van der Waals surface area (Å²) in [6, 6.07) is 10.9.